The number of fused-ring (bicyclic) bond motifs is 18. The van der Waals surface area contributed by atoms with Gasteiger partial charge in [-0.2, -0.15) is 0 Å². The van der Waals surface area contributed by atoms with E-state index in [0.29, 0.717) is 10.6 Å². The summed E-state index contributed by atoms with van der Waals surface area (Å²) < 4.78 is 4.58. The zero-order valence-electron chi connectivity index (χ0n) is 55.0. The summed E-state index contributed by atoms with van der Waals surface area (Å²) in [5, 5.41) is 33.9. The zero-order valence-corrected chi connectivity index (χ0v) is 55.8. The van der Waals surface area contributed by atoms with Crippen molar-refractivity contribution in [1.29, 1.82) is 0 Å². The molecule has 0 aliphatic heterocycles. The lowest BCUT2D eigenvalue weighted by Gasteiger charge is -2.12. The first-order valence-electron chi connectivity index (χ1n) is 34.1. The molecule has 0 saturated carbocycles. The van der Waals surface area contributed by atoms with Gasteiger partial charge in [-0.25, -0.2) is 9.97 Å². The second-order valence-corrected chi connectivity index (χ2v) is 26.0. The molecule has 480 valence electrons. The smallest absolute Gasteiger partial charge is 0.423 e. The highest BCUT2D eigenvalue weighted by atomic mass is 35.5. The molecule has 0 spiro atoms. The molecule has 0 amide bonds. The topological polar surface area (TPSA) is 102 Å². The van der Waals surface area contributed by atoms with Crippen molar-refractivity contribution in [2.24, 2.45) is 0 Å². The SMILES string of the molecule is Clc1cnc2c3ccccc3c3ccccc3c2n1.OB(O)c1cccc(-n2c3ccc(-c4ccccc4)cc3c3cc(-c4ccccc4)ccc32)c1.c1ccc(-c2ccc3c(c2)c2cc(-c4ccccc4)ccc2n3-c2cccc(-c3cnc4c5ccccc5c5ccccc5c4n3)c2)cc1. The molecule has 0 aliphatic carbocycles. The zero-order chi connectivity index (χ0) is 68.2. The molecular formula is C92H60BClN6O2. The molecule has 4 aromatic heterocycles. The van der Waals surface area contributed by atoms with Crippen molar-refractivity contribution in [1.82, 2.24) is 29.1 Å². The van der Waals surface area contributed by atoms with Crippen molar-refractivity contribution in [2.45, 2.75) is 0 Å². The molecule has 16 aromatic carbocycles. The molecule has 2 N–H and O–H groups in total. The number of hydrogen-bond acceptors (Lipinski definition) is 6. The van der Waals surface area contributed by atoms with Crippen LogP contribution < -0.4 is 5.46 Å². The molecule has 0 atom stereocenters. The number of hydrogen-bond donors (Lipinski definition) is 2. The lowest BCUT2D eigenvalue weighted by molar-refractivity contribution is 0.425. The third-order valence-electron chi connectivity index (χ3n) is 19.6. The summed E-state index contributed by atoms with van der Waals surface area (Å²) in [5.41, 5.74) is 21.9. The summed E-state index contributed by atoms with van der Waals surface area (Å²) in [7, 11) is -1.51. The average molecular weight is 1330 g/mol. The Morgan fingerprint density at radius 1 is 0.245 bits per heavy atom. The summed E-state index contributed by atoms with van der Waals surface area (Å²) in [6.07, 6.45) is 3.53. The van der Waals surface area contributed by atoms with Crippen LogP contribution in [0.4, 0.5) is 0 Å². The Hall–Kier alpha value is -12.9. The van der Waals surface area contributed by atoms with Gasteiger partial charge in [0.15, 0.2) is 0 Å². The molecule has 0 fully saturated rings. The lowest BCUT2D eigenvalue weighted by Crippen LogP contribution is -2.29. The maximum atomic E-state index is 9.74. The number of nitrogens with zero attached hydrogens (tertiary/aromatic N) is 6. The summed E-state index contributed by atoms with van der Waals surface area (Å²) >= 11 is 6.00. The minimum atomic E-state index is -1.51. The van der Waals surface area contributed by atoms with Gasteiger partial charge in [-0.1, -0.05) is 279 Å². The lowest BCUT2D eigenvalue weighted by atomic mass is 9.80. The van der Waals surface area contributed by atoms with Gasteiger partial charge in [0.25, 0.3) is 0 Å². The maximum absolute atomic E-state index is 9.74. The normalized spacial score (nSPS) is 11.5. The Morgan fingerprint density at radius 3 is 0.941 bits per heavy atom. The van der Waals surface area contributed by atoms with E-state index in [-0.39, 0.29) is 0 Å². The molecule has 0 saturated heterocycles. The van der Waals surface area contributed by atoms with Crippen molar-refractivity contribution in [3.05, 3.63) is 357 Å². The van der Waals surface area contributed by atoms with E-state index in [2.05, 4.69) is 298 Å². The van der Waals surface area contributed by atoms with Crippen LogP contribution in [0, 0.1) is 0 Å². The largest absolute Gasteiger partial charge is 0.488 e. The Morgan fingerprint density at radius 2 is 0.559 bits per heavy atom. The Kier molecular flexibility index (Phi) is 15.7. The first kappa shape index (κ1) is 61.4. The molecule has 0 bridgehead atoms. The van der Waals surface area contributed by atoms with E-state index in [4.69, 9.17) is 21.6 Å². The second-order valence-electron chi connectivity index (χ2n) is 25.6. The van der Waals surface area contributed by atoms with Crippen LogP contribution in [-0.4, -0.2) is 46.2 Å². The average Bonchev–Trinajstić information content (AvgIpc) is 1.40. The number of rotatable bonds is 8. The van der Waals surface area contributed by atoms with Gasteiger partial charge in [-0.3, -0.25) is 9.97 Å². The molecule has 4 heterocycles. The minimum absolute atomic E-state index is 0.424. The molecule has 0 aliphatic rings. The number of benzene rings is 16. The molecule has 20 rings (SSSR count). The monoisotopic (exact) mass is 1330 g/mol. The third-order valence-corrected chi connectivity index (χ3v) is 19.8. The van der Waals surface area contributed by atoms with Crippen molar-refractivity contribution in [3.8, 4) is 67.1 Å². The van der Waals surface area contributed by atoms with Gasteiger partial charge in [-0.15, -0.1) is 0 Å². The summed E-state index contributed by atoms with van der Waals surface area (Å²) in [6, 6.07) is 118. The fourth-order valence-electron chi connectivity index (χ4n) is 14.8. The van der Waals surface area contributed by atoms with E-state index in [0.717, 1.165) is 99.2 Å². The molecule has 20 aromatic rings. The number of halogens is 1. The third kappa shape index (κ3) is 11.1. The maximum Gasteiger partial charge on any atom is 0.488 e. The fourth-order valence-corrected chi connectivity index (χ4v) is 15.0. The summed E-state index contributed by atoms with van der Waals surface area (Å²) in [4.78, 5) is 19.2. The van der Waals surface area contributed by atoms with Gasteiger partial charge in [0.1, 0.15) is 5.15 Å². The Labute approximate surface area is 592 Å². The molecule has 8 nitrogen and oxygen atoms in total. The molecule has 0 unspecified atom stereocenters. The van der Waals surface area contributed by atoms with E-state index in [9.17, 15) is 10.0 Å². The van der Waals surface area contributed by atoms with E-state index >= 15 is 0 Å². The second kappa shape index (κ2) is 26.1. The Bertz CT molecular complexity index is 6360. The van der Waals surface area contributed by atoms with Gasteiger partial charge in [-0.05, 0) is 144 Å². The highest BCUT2D eigenvalue weighted by Crippen LogP contribution is 2.42. The van der Waals surface area contributed by atoms with Gasteiger partial charge >= 0.3 is 7.12 Å². The van der Waals surface area contributed by atoms with Crippen LogP contribution in [0.5, 0.6) is 0 Å². The molecular weight excluding hydrogens is 1270 g/mol. The molecule has 0 radical (unpaired) electrons. The van der Waals surface area contributed by atoms with E-state index < -0.39 is 7.12 Å². The van der Waals surface area contributed by atoms with Crippen LogP contribution in [0.25, 0.3) is 176 Å². The van der Waals surface area contributed by atoms with Crippen LogP contribution in [-0.2, 0) is 0 Å². The van der Waals surface area contributed by atoms with Crippen molar-refractivity contribution in [3.63, 3.8) is 0 Å². The van der Waals surface area contributed by atoms with Crippen LogP contribution in [0.15, 0.2) is 352 Å². The predicted octanol–water partition coefficient (Wildman–Crippen LogP) is 22.4. The van der Waals surface area contributed by atoms with E-state index in [1.165, 1.54) is 76.7 Å². The fraction of sp³-hybridized carbons (Fsp3) is 0. The summed E-state index contributed by atoms with van der Waals surface area (Å²) in [5.74, 6) is 0. The molecule has 10 heteroatoms. The minimum Gasteiger partial charge on any atom is -0.423 e. The first-order valence-corrected chi connectivity index (χ1v) is 34.4. The predicted molar refractivity (Wildman–Crippen MR) is 426 cm³/mol. The van der Waals surface area contributed by atoms with E-state index in [1.807, 2.05) is 60.8 Å². The first-order chi connectivity index (χ1) is 50.3. The highest BCUT2D eigenvalue weighted by molar-refractivity contribution is 6.58. The quantitative estimate of drug-likeness (QED) is 0.116. The van der Waals surface area contributed by atoms with Gasteiger partial charge in [0.2, 0.25) is 0 Å². The van der Waals surface area contributed by atoms with Gasteiger partial charge in [0, 0.05) is 60.0 Å². The molecule has 102 heavy (non-hydrogen) atoms. The van der Waals surface area contributed by atoms with Crippen molar-refractivity contribution < 1.29 is 10.0 Å². The highest BCUT2D eigenvalue weighted by Gasteiger charge is 2.21. The van der Waals surface area contributed by atoms with Crippen LogP contribution in [0.1, 0.15) is 0 Å². The summed E-state index contributed by atoms with van der Waals surface area (Å²) in [6.45, 7) is 0. The van der Waals surface area contributed by atoms with Gasteiger partial charge in [0.05, 0.1) is 62.2 Å². The Balaban J connectivity index is 0.000000121. The van der Waals surface area contributed by atoms with Crippen LogP contribution in [0.3, 0.4) is 0 Å². The van der Waals surface area contributed by atoms with Crippen LogP contribution >= 0.6 is 11.6 Å². The van der Waals surface area contributed by atoms with Crippen LogP contribution in [0.2, 0.25) is 5.15 Å². The van der Waals surface area contributed by atoms with Crippen molar-refractivity contribution in [2.75, 3.05) is 0 Å². The van der Waals surface area contributed by atoms with E-state index in [1.54, 1.807) is 12.3 Å². The standard InChI is InChI=1S/C46H29N3.C30H22BNO2.C16H9ClN2/c1-3-12-30(13-4-1)32-22-24-43-40(27-32)41-28-33(31-14-5-2-6-15-31)23-25-44(41)49(43)35-17-11-16-34(26-35)42-29-47-45-38-20-9-7-18-36(38)37-19-8-10-21-39(37)46(45)48-42;33-31(34)25-12-7-13-26(20-25)32-29-16-14-23(21-8-3-1-4-9-21)18-27(29)28-19-24(15-17-30(28)32)22-10-5-2-6-11-22;17-14-9-18-15-12-7-3-1-5-10(12)11-6-2-4-8-13(11)16(15)19-14/h1-29H;1-20,33-34H;1-9H. The van der Waals surface area contributed by atoms with Crippen molar-refractivity contribution >= 4 is 133 Å². The van der Waals surface area contributed by atoms with Gasteiger partial charge < -0.3 is 19.2 Å². The number of aromatic nitrogens is 6.